The molecule has 2 atom stereocenters. The Balaban J connectivity index is 2.20. The minimum atomic E-state index is -0.534. The van der Waals surface area contributed by atoms with E-state index in [1.165, 1.54) is 0 Å². The first-order valence-electron chi connectivity index (χ1n) is 6.58. The van der Waals surface area contributed by atoms with Gasteiger partial charge in [0.25, 0.3) is 0 Å². The molecule has 6 heteroatoms. The highest BCUT2D eigenvalue weighted by atomic mass is 35.5. The number of hydrogen-bond acceptors (Lipinski definition) is 3. The van der Waals surface area contributed by atoms with Gasteiger partial charge >= 0.3 is 0 Å². The summed E-state index contributed by atoms with van der Waals surface area (Å²) in [5.41, 5.74) is 0.502. The molecule has 0 radical (unpaired) electrons. The molecule has 3 nitrogen and oxygen atoms in total. The molecule has 0 aromatic heterocycles. The molecule has 0 amide bonds. The van der Waals surface area contributed by atoms with Crippen LogP contribution in [0.1, 0.15) is 13.8 Å². The normalized spacial score (nSPS) is 18.5. The van der Waals surface area contributed by atoms with Crippen LogP contribution in [0.25, 0.3) is 0 Å². The Morgan fingerprint density at radius 3 is 2.62 bits per heavy atom. The van der Waals surface area contributed by atoms with Gasteiger partial charge in [-0.25, -0.2) is 0 Å². The van der Waals surface area contributed by atoms with E-state index in [-0.39, 0.29) is 6.04 Å². The number of allylic oxidation sites excluding steroid dienone is 2. The van der Waals surface area contributed by atoms with E-state index in [9.17, 15) is 0 Å². The molecule has 0 bridgehead atoms. The minimum Gasteiger partial charge on any atom is -0.485 e. The van der Waals surface area contributed by atoms with Crippen LogP contribution in [-0.2, 0) is 0 Å². The van der Waals surface area contributed by atoms with Gasteiger partial charge in [0.05, 0.1) is 5.03 Å². The van der Waals surface area contributed by atoms with E-state index in [1.54, 1.807) is 12.3 Å². The molecule has 0 aliphatic carbocycles. The number of ether oxygens (including phenoxy) is 1. The van der Waals surface area contributed by atoms with Crippen molar-refractivity contribution in [2.45, 2.75) is 25.5 Å². The van der Waals surface area contributed by atoms with Crippen molar-refractivity contribution in [2.75, 3.05) is 12.4 Å². The van der Waals surface area contributed by atoms with Crippen molar-refractivity contribution in [2.24, 2.45) is 0 Å². The first kappa shape index (κ1) is 16.5. The van der Waals surface area contributed by atoms with Crippen molar-refractivity contribution >= 4 is 43.4 Å². The lowest BCUT2D eigenvalue weighted by atomic mass is 9.96. The fourth-order valence-electron chi connectivity index (χ4n) is 2.17. The van der Waals surface area contributed by atoms with Crippen LogP contribution in [0.5, 0.6) is 5.75 Å². The van der Waals surface area contributed by atoms with E-state index >= 15 is 0 Å². The SMILES string of the molecule is CNc1ccc(OC(C)(C)C2NC=C(Cl)C=C2Cl)c(P)c1. The molecular formula is C15H19Cl2N2OP. The number of benzene rings is 1. The van der Waals surface area contributed by atoms with Crippen molar-refractivity contribution in [3.8, 4) is 5.75 Å². The van der Waals surface area contributed by atoms with Gasteiger partial charge in [0.2, 0.25) is 0 Å². The summed E-state index contributed by atoms with van der Waals surface area (Å²) in [6.07, 6.45) is 3.47. The van der Waals surface area contributed by atoms with Crippen molar-refractivity contribution in [3.05, 3.63) is 40.5 Å². The third-order valence-electron chi connectivity index (χ3n) is 3.31. The second-order valence-corrected chi connectivity index (χ2v) is 6.86. The highest BCUT2D eigenvalue weighted by Gasteiger charge is 2.35. The van der Waals surface area contributed by atoms with Gasteiger partial charge < -0.3 is 15.4 Å². The molecule has 114 valence electrons. The number of anilines is 1. The van der Waals surface area contributed by atoms with E-state index in [1.807, 2.05) is 39.1 Å². The largest absolute Gasteiger partial charge is 0.485 e. The predicted molar refractivity (Wildman–Crippen MR) is 94.8 cm³/mol. The van der Waals surface area contributed by atoms with Gasteiger partial charge in [0.15, 0.2) is 0 Å². The zero-order valence-electron chi connectivity index (χ0n) is 12.2. The zero-order valence-corrected chi connectivity index (χ0v) is 14.9. The molecule has 2 N–H and O–H groups in total. The molecule has 0 saturated carbocycles. The molecule has 1 aromatic rings. The van der Waals surface area contributed by atoms with Crippen LogP contribution in [0.4, 0.5) is 5.69 Å². The quantitative estimate of drug-likeness (QED) is 0.819. The van der Waals surface area contributed by atoms with Crippen LogP contribution in [-0.4, -0.2) is 18.7 Å². The maximum atomic E-state index is 6.29. The third kappa shape index (κ3) is 3.85. The Labute approximate surface area is 137 Å². The maximum Gasteiger partial charge on any atom is 0.128 e. The molecule has 2 unspecified atom stereocenters. The summed E-state index contributed by atoms with van der Waals surface area (Å²) in [4.78, 5) is 0. The number of dihydropyridines is 1. The molecule has 1 heterocycles. The van der Waals surface area contributed by atoms with E-state index < -0.39 is 5.60 Å². The number of halogens is 2. The smallest absolute Gasteiger partial charge is 0.128 e. The first-order chi connectivity index (χ1) is 9.83. The number of hydrogen-bond donors (Lipinski definition) is 2. The van der Waals surface area contributed by atoms with E-state index in [0.717, 1.165) is 16.7 Å². The van der Waals surface area contributed by atoms with Gasteiger partial charge in [0, 0.05) is 29.3 Å². The van der Waals surface area contributed by atoms with Gasteiger partial charge in [-0.1, -0.05) is 23.2 Å². The Morgan fingerprint density at radius 2 is 2.05 bits per heavy atom. The lowest BCUT2D eigenvalue weighted by Gasteiger charge is -2.36. The highest BCUT2D eigenvalue weighted by Crippen LogP contribution is 2.30. The number of nitrogens with one attached hydrogen (secondary N) is 2. The van der Waals surface area contributed by atoms with E-state index in [2.05, 4.69) is 19.9 Å². The average molecular weight is 345 g/mol. The van der Waals surface area contributed by atoms with Crippen LogP contribution >= 0.6 is 32.4 Å². The summed E-state index contributed by atoms with van der Waals surface area (Å²) < 4.78 is 6.17. The summed E-state index contributed by atoms with van der Waals surface area (Å²) in [5.74, 6) is 0.802. The standard InChI is InChI=1S/C15H19Cl2N2OP/c1-15(2,14-11(17)6-9(16)8-19-14)20-12-5-4-10(18-3)7-13(12)21/h4-8,14,18-19H,21H2,1-3H3. The van der Waals surface area contributed by atoms with Gasteiger partial charge in [-0.05, 0) is 38.1 Å². The van der Waals surface area contributed by atoms with Crippen LogP contribution in [0.3, 0.4) is 0 Å². The Morgan fingerprint density at radius 1 is 1.33 bits per heavy atom. The lowest BCUT2D eigenvalue weighted by molar-refractivity contribution is 0.0859. The van der Waals surface area contributed by atoms with Crippen molar-refractivity contribution in [3.63, 3.8) is 0 Å². The van der Waals surface area contributed by atoms with Crippen molar-refractivity contribution in [1.82, 2.24) is 5.32 Å². The molecule has 0 spiro atoms. The molecule has 1 aliphatic rings. The molecule has 1 aliphatic heterocycles. The van der Waals surface area contributed by atoms with E-state index in [4.69, 9.17) is 27.9 Å². The molecule has 2 rings (SSSR count). The fourth-order valence-corrected chi connectivity index (χ4v) is 3.19. The summed E-state index contributed by atoms with van der Waals surface area (Å²) in [6.45, 7) is 3.98. The van der Waals surface area contributed by atoms with Crippen molar-refractivity contribution < 1.29 is 4.74 Å². The third-order valence-corrected chi connectivity index (χ3v) is 4.30. The monoisotopic (exact) mass is 344 g/mol. The summed E-state index contributed by atoms with van der Waals surface area (Å²) in [6, 6.07) is 5.77. The van der Waals surface area contributed by atoms with Gasteiger partial charge in [-0.3, -0.25) is 0 Å². The molecule has 0 saturated heterocycles. The summed E-state index contributed by atoms with van der Waals surface area (Å²) in [7, 11) is 4.57. The Hall–Kier alpha value is -0.890. The average Bonchev–Trinajstić information content (AvgIpc) is 2.40. The predicted octanol–water partition coefficient (Wildman–Crippen LogP) is 3.56. The summed E-state index contributed by atoms with van der Waals surface area (Å²) >= 11 is 12.2. The van der Waals surface area contributed by atoms with Crippen LogP contribution in [0, 0.1) is 0 Å². The first-order valence-corrected chi connectivity index (χ1v) is 7.92. The molecule has 0 fully saturated rings. The highest BCUT2D eigenvalue weighted by molar-refractivity contribution is 7.27. The number of rotatable bonds is 4. The van der Waals surface area contributed by atoms with Gasteiger partial charge in [-0.15, -0.1) is 9.24 Å². The van der Waals surface area contributed by atoms with Crippen LogP contribution in [0.15, 0.2) is 40.5 Å². The molecular weight excluding hydrogens is 326 g/mol. The van der Waals surface area contributed by atoms with Crippen LogP contribution in [0.2, 0.25) is 0 Å². The maximum absolute atomic E-state index is 6.29. The fraction of sp³-hybridized carbons (Fsp3) is 0.333. The second kappa shape index (κ2) is 6.48. The molecule has 21 heavy (non-hydrogen) atoms. The zero-order chi connectivity index (χ0) is 15.6. The minimum absolute atomic E-state index is 0.157. The van der Waals surface area contributed by atoms with E-state index in [0.29, 0.717) is 10.1 Å². The van der Waals surface area contributed by atoms with Crippen LogP contribution < -0.4 is 20.7 Å². The lowest BCUT2D eigenvalue weighted by Crippen LogP contribution is -2.50. The van der Waals surface area contributed by atoms with Gasteiger partial charge in [-0.2, -0.15) is 0 Å². The topological polar surface area (TPSA) is 33.3 Å². The van der Waals surface area contributed by atoms with Gasteiger partial charge in [0.1, 0.15) is 17.4 Å². The molecule has 1 aromatic carbocycles. The second-order valence-electron chi connectivity index (χ2n) is 5.37. The Bertz CT molecular complexity index is 599. The van der Waals surface area contributed by atoms with Crippen molar-refractivity contribution in [1.29, 1.82) is 0 Å². The Kier molecular flexibility index (Phi) is 5.08. The summed E-state index contributed by atoms with van der Waals surface area (Å²) in [5, 5.41) is 8.48.